The third kappa shape index (κ3) is 3.05. The van der Waals surface area contributed by atoms with Crippen LogP contribution in [-0.4, -0.2) is 22.7 Å². The van der Waals surface area contributed by atoms with Crippen molar-refractivity contribution in [3.05, 3.63) is 89.9 Å². The van der Waals surface area contributed by atoms with Crippen LogP contribution in [0.25, 0.3) is 16.3 Å². The molecule has 0 bridgehead atoms. The van der Waals surface area contributed by atoms with Crippen LogP contribution >= 0.6 is 11.3 Å². The van der Waals surface area contributed by atoms with Gasteiger partial charge in [0.2, 0.25) is 0 Å². The second kappa shape index (κ2) is 6.98. The van der Waals surface area contributed by atoms with E-state index in [4.69, 9.17) is 5.10 Å². The zero-order chi connectivity index (χ0) is 17.9. The molecule has 1 amide bonds. The zero-order valence-electron chi connectivity index (χ0n) is 14.2. The maximum absolute atomic E-state index is 13.2. The summed E-state index contributed by atoms with van der Waals surface area (Å²) in [6, 6.07) is 23.4. The van der Waals surface area contributed by atoms with Crippen LogP contribution in [0.3, 0.4) is 0 Å². The monoisotopic (exact) mass is 359 g/mol. The molecule has 4 rings (SSSR count). The SMILES string of the molecule is CN(C(=O)c1cn(-c2ccccc2)nc1-c1cccs1)c1ccccc1. The quantitative estimate of drug-likeness (QED) is 0.521. The van der Waals surface area contributed by atoms with Gasteiger partial charge in [0.1, 0.15) is 5.69 Å². The average Bonchev–Trinajstić information content (AvgIpc) is 3.38. The molecule has 26 heavy (non-hydrogen) atoms. The predicted molar refractivity (Wildman–Crippen MR) is 106 cm³/mol. The number of nitrogens with zero attached hydrogens (tertiary/aromatic N) is 3. The van der Waals surface area contributed by atoms with Crippen molar-refractivity contribution in [3.63, 3.8) is 0 Å². The van der Waals surface area contributed by atoms with Crippen LogP contribution in [-0.2, 0) is 0 Å². The first-order valence-electron chi connectivity index (χ1n) is 8.26. The van der Waals surface area contributed by atoms with Gasteiger partial charge in [0.05, 0.1) is 16.1 Å². The first-order chi connectivity index (χ1) is 12.7. The zero-order valence-corrected chi connectivity index (χ0v) is 15.1. The summed E-state index contributed by atoms with van der Waals surface area (Å²) in [7, 11) is 1.79. The fraction of sp³-hybridized carbons (Fsp3) is 0.0476. The van der Waals surface area contributed by atoms with E-state index in [-0.39, 0.29) is 5.91 Å². The van der Waals surface area contributed by atoms with E-state index < -0.39 is 0 Å². The Morgan fingerprint density at radius 2 is 1.65 bits per heavy atom. The third-order valence-electron chi connectivity index (χ3n) is 4.17. The number of aromatic nitrogens is 2. The Kier molecular flexibility index (Phi) is 4.37. The molecule has 4 nitrogen and oxygen atoms in total. The Morgan fingerprint density at radius 3 is 2.31 bits per heavy atom. The maximum Gasteiger partial charge on any atom is 0.261 e. The smallest absolute Gasteiger partial charge is 0.261 e. The van der Waals surface area contributed by atoms with Crippen LogP contribution in [0.1, 0.15) is 10.4 Å². The predicted octanol–water partition coefficient (Wildman–Crippen LogP) is 4.88. The summed E-state index contributed by atoms with van der Waals surface area (Å²) in [6.45, 7) is 0. The van der Waals surface area contributed by atoms with Crippen LogP contribution in [0.15, 0.2) is 84.4 Å². The molecular weight excluding hydrogens is 342 g/mol. The molecule has 5 heteroatoms. The second-order valence-electron chi connectivity index (χ2n) is 5.85. The van der Waals surface area contributed by atoms with Gasteiger partial charge in [0.15, 0.2) is 0 Å². The first kappa shape index (κ1) is 16.3. The molecule has 0 aliphatic heterocycles. The van der Waals surface area contributed by atoms with Crippen molar-refractivity contribution >= 4 is 22.9 Å². The maximum atomic E-state index is 13.2. The normalized spacial score (nSPS) is 10.7. The summed E-state index contributed by atoms with van der Waals surface area (Å²) in [5.74, 6) is -0.0817. The Hall–Kier alpha value is -3.18. The highest BCUT2D eigenvalue weighted by Gasteiger charge is 2.22. The number of hydrogen-bond acceptors (Lipinski definition) is 3. The van der Waals surface area contributed by atoms with Gasteiger partial charge in [-0.25, -0.2) is 4.68 Å². The van der Waals surface area contributed by atoms with Gasteiger partial charge in [-0.1, -0.05) is 42.5 Å². The van der Waals surface area contributed by atoms with Crippen LogP contribution < -0.4 is 4.90 Å². The van der Waals surface area contributed by atoms with E-state index in [0.29, 0.717) is 11.3 Å². The highest BCUT2D eigenvalue weighted by molar-refractivity contribution is 7.13. The van der Waals surface area contributed by atoms with Gasteiger partial charge in [0.25, 0.3) is 5.91 Å². The molecule has 0 unspecified atom stereocenters. The summed E-state index contributed by atoms with van der Waals surface area (Å²) < 4.78 is 1.76. The van der Waals surface area contributed by atoms with E-state index in [0.717, 1.165) is 16.3 Å². The molecule has 4 aromatic rings. The molecule has 0 saturated heterocycles. The molecule has 0 aliphatic carbocycles. The Labute approximate surface area is 156 Å². The molecule has 0 spiro atoms. The molecule has 0 fully saturated rings. The number of carbonyl (C=O) groups is 1. The molecule has 2 heterocycles. The number of thiophene rings is 1. The molecule has 128 valence electrons. The number of hydrogen-bond donors (Lipinski definition) is 0. The number of carbonyl (C=O) groups excluding carboxylic acids is 1. The van der Waals surface area contributed by atoms with Gasteiger partial charge in [-0.05, 0) is 35.7 Å². The van der Waals surface area contributed by atoms with Crippen molar-refractivity contribution in [2.45, 2.75) is 0 Å². The molecule has 0 N–H and O–H groups in total. The minimum absolute atomic E-state index is 0.0817. The Morgan fingerprint density at radius 1 is 0.962 bits per heavy atom. The summed E-state index contributed by atoms with van der Waals surface area (Å²) in [5.41, 5.74) is 3.06. The molecule has 0 radical (unpaired) electrons. The van der Waals surface area contributed by atoms with E-state index in [9.17, 15) is 4.79 Å². The van der Waals surface area contributed by atoms with Gasteiger partial charge in [-0.2, -0.15) is 5.10 Å². The first-order valence-corrected chi connectivity index (χ1v) is 9.14. The average molecular weight is 359 g/mol. The summed E-state index contributed by atoms with van der Waals surface area (Å²) in [5, 5.41) is 6.69. The number of benzene rings is 2. The minimum atomic E-state index is -0.0817. The molecule has 0 atom stereocenters. The van der Waals surface area contributed by atoms with Crippen molar-refractivity contribution in [3.8, 4) is 16.3 Å². The molecule has 2 aromatic carbocycles. The largest absolute Gasteiger partial charge is 0.311 e. The Balaban J connectivity index is 1.79. The van der Waals surface area contributed by atoms with Crippen LogP contribution in [0.4, 0.5) is 5.69 Å². The van der Waals surface area contributed by atoms with E-state index in [1.807, 2.05) is 84.4 Å². The highest BCUT2D eigenvalue weighted by Crippen LogP contribution is 2.29. The lowest BCUT2D eigenvalue weighted by Gasteiger charge is -2.16. The lowest BCUT2D eigenvalue weighted by molar-refractivity contribution is 0.0993. The van der Waals surface area contributed by atoms with Crippen molar-refractivity contribution < 1.29 is 4.79 Å². The van der Waals surface area contributed by atoms with E-state index >= 15 is 0 Å². The van der Waals surface area contributed by atoms with E-state index in [1.165, 1.54) is 0 Å². The van der Waals surface area contributed by atoms with Crippen LogP contribution in [0.5, 0.6) is 0 Å². The number of rotatable bonds is 4. The number of para-hydroxylation sites is 2. The summed E-state index contributed by atoms with van der Waals surface area (Å²) in [4.78, 5) is 15.8. The van der Waals surface area contributed by atoms with Crippen LogP contribution in [0, 0.1) is 0 Å². The summed E-state index contributed by atoms with van der Waals surface area (Å²) in [6.07, 6.45) is 1.81. The minimum Gasteiger partial charge on any atom is -0.311 e. The number of anilines is 1. The molecular formula is C21H17N3OS. The van der Waals surface area contributed by atoms with E-state index in [2.05, 4.69) is 0 Å². The third-order valence-corrected chi connectivity index (χ3v) is 5.04. The fourth-order valence-electron chi connectivity index (χ4n) is 2.79. The lowest BCUT2D eigenvalue weighted by Crippen LogP contribution is -2.26. The van der Waals surface area contributed by atoms with Crippen molar-refractivity contribution in [1.29, 1.82) is 0 Å². The highest BCUT2D eigenvalue weighted by atomic mass is 32.1. The van der Waals surface area contributed by atoms with Crippen molar-refractivity contribution in [2.24, 2.45) is 0 Å². The van der Waals surface area contributed by atoms with Gasteiger partial charge < -0.3 is 4.90 Å². The van der Waals surface area contributed by atoms with Crippen LogP contribution in [0.2, 0.25) is 0 Å². The second-order valence-corrected chi connectivity index (χ2v) is 6.80. The van der Waals surface area contributed by atoms with Gasteiger partial charge in [-0.3, -0.25) is 4.79 Å². The van der Waals surface area contributed by atoms with Crippen molar-refractivity contribution in [2.75, 3.05) is 11.9 Å². The Bertz CT molecular complexity index is 1010. The standard InChI is InChI=1S/C21H17N3OS/c1-23(16-9-4-2-5-10-16)21(25)18-15-24(17-11-6-3-7-12-17)22-20(18)19-13-8-14-26-19/h2-15H,1H3. The number of amides is 1. The lowest BCUT2D eigenvalue weighted by atomic mass is 10.2. The van der Waals surface area contributed by atoms with E-state index in [1.54, 1.807) is 28.0 Å². The van der Waals surface area contributed by atoms with Crippen molar-refractivity contribution in [1.82, 2.24) is 9.78 Å². The topological polar surface area (TPSA) is 38.1 Å². The summed E-state index contributed by atoms with van der Waals surface area (Å²) >= 11 is 1.58. The van der Waals surface area contributed by atoms with Gasteiger partial charge >= 0.3 is 0 Å². The van der Waals surface area contributed by atoms with Gasteiger partial charge in [-0.15, -0.1) is 11.3 Å². The molecule has 2 aromatic heterocycles. The molecule has 0 saturated carbocycles. The van der Waals surface area contributed by atoms with Gasteiger partial charge in [0, 0.05) is 18.9 Å². The molecule has 0 aliphatic rings. The fourth-order valence-corrected chi connectivity index (χ4v) is 3.51.